The second kappa shape index (κ2) is 9.36. The number of ether oxygens (including phenoxy) is 1. The first-order chi connectivity index (χ1) is 15.5. The molecule has 32 heavy (non-hydrogen) atoms. The standard InChI is InChI=1S/C25H26FN3O3/c1-17-14-28(16-27-17)22-10-5-18(13-24(22)32-2)12-20-4-3-11-29(25(20)31)23(15-30)19-6-8-21(26)9-7-19/h5-10,12-14,16,23,30H,3-4,11,15H2,1-2H3/b20-12+. The van der Waals surface area contributed by atoms with Crippen molar-refractivity contribution < 1.29 is 19.0 Å². The van der Waals surface area contributed by atoms with Crippen LogP contribution in [0.3, 0.4) is 0 Å². The second-order valence-electron chi connectivity index (χ2n) is 7.88. The van der Waals surface area contributed by atoms with Gasteiger partial charge in [0.15, 0.2) is 0 Å². The summed E-state index contributed by atoms with van der Waals surface area (Å²) < 4.78 is 20.8. The van der Waals surface area contributed by atoms with Crippen molar-refractivity contribution in [3.8, 4) is 11.4 Å². The Morgan fingerprint density at radius 3 is 2.69 bits per heavy atom. The molecule has 0 bridgehead atoms. The van der Waals surface area contributed by atoms with Crippen LogP contribution in [0.4, 0.5) is 4.39 Å². The molecule has 4 rings (SSSR count). The molecule has 7 heteroatoms. The zero-order valence-corrected chi connectivity index (χ0v) is 18.2. The first-order valence-corrected chi connectivity index (χ1v) is 10.6. The number of aromatic nitrogens is 2. The van der Waals surface area contributed by atoms with E-state index in [9.17, 15) is 14.3 Å². The Morgan fingerprint density at radius 2 is 2.03 bits per heavy atom. The molecule has 1 fully saturated rings. The number of likely N-dealkylation sites (tertiary alicyclic amines) is 1. The highest BCUT2D eigenvalue weighted by Crippen LogP contribution is 2.30. The van der Waals surface area contributed by atoms with E-state index >= 15 is 0 Å². The predicted molar refractivity (Wildman–Crippen MR) is 120 cm³/mol. The number of nitrogens with zero attached hydrogens (tertiary/aromatic N) is 3. The van der Waals surface area contributed by atoms with E-state index in [1.807, 2.05) is 42.0 Å². The average molecular weight is 435 g/mol. The van der Waals surface area contributed by atoms with Crippen molar-refractivity contribution in [2.45, 2.75) is 25.8 Å². The van der Waals surface area contributed by atoms with Gasteiger partial charge in [-0.2, -0.15) is 0 Å². The van der Waals surface area contributed by atoms with Crippen molar-refractivity contribution in [2.75, 3.05) is 20.3 Å². The van der Waals surface area contributed by atoms with Gasteiger partial charge in [-0.25, -0.2) is 9.37 Å². The normalized spacial score (nSPS) is 16.4. The van der Waals surface area contributed by atoms with E-state index in [0.717, 1.165) is 23.4 Å². The third kappa shape index (κ3) is 4.43. The zero-order valence-electron chi connectivity index (χ0n) is 18.2. The molecule has 0 aliphatic carbocycles. The topological polar surface area (TPSA) is 67.6 Å². The molecule has 1 aliphatic heterocycles. The number of rotatable bonds is 6. The molecule has 1 atom stereocenters. The van der Waals surface area contributed by atoms with Gasteiger partial charge in [0.05, 0.1) is 37.5 Å². The number of aliphatic hydroxyl groups excluding tert-OH is 1. The Labute approximate surface area is 186 Å². The van der Waals surface area contributed by atoms with Gasteiger partial charge in [-0.1, -0.05) is 18.2 Å². The molecule has 3 aromatic rings. The van der Waals surface area contributed by atoms with E-state index in [0.29, 0.717) is 29.9 Å². The lowest BCUT2D eigenvalue weighted by Gasteiger charge is -2.35. The number of amides is 1. The fourth-order valence-corrected chi connectivity index (χ4v) is 4.08. The lowest BCUT2D eigenvalue weighted by molar-refractivity contribution is -0.132. The SMILES string of the molecule is COc1cc(/C=C2\CCCN(C(CO)c3ccc(F)cc3)C2=O)ccc1-n1cnc(C)c1. The van der Waals surface area contributed by atoms with Crippen LogP contribution in [-0.4, -0.2) is 45.7 Å². The number of hydrogen-bond donors (Lipinski definition) is 1. The molecule has 1 unspecified atom stereocenters. The zero-order chi connectivity index (χ0) is 22.7. The van der Waals surface area contributed by atoms with E-state index in [2.05, 4.69) is 4.98 Å². The molecule has 6 nitrogen and oxygen atoms in total. The fraction of sp³-hybridized carbons (Fsp3) is 0.280. The van der Waals surface area contributed by atoms with Crippen LogP contribution in [0.15, 0.2) is 60.6 Å². The molecule has 1 amide bonds. The summed E-state index contributed by atoms with van der Waals surface area (Å²) in [5.41, 5.74) is 4.01. The predicted octanol–water partition coefficient (Wildman–Crippen LogP) is 4.07. The van der Waals surface area contributed by atoms with E-state index < -0.39 is 6.04 Å². The van der Waals surface area contributed by atoms with Crippen molar-refractivity contribution in [3.05, 3.63) is 83.2 Å². The maximum absolute atomic E-state index is 13.3. The molecule has 1 aromatic heterocycles. The summed E-state index contributed by atoms with van der Waals surface area (Å²) >= 11 is 0. The Balaban J connectivity index is 1.61. The molecule has 1 saturated heterocycles. The number of benzene rings is 2. The molecular formula is C25H26FN3O3. The molecule has 1 aliphatic rings. The minimum absolute atomic E-state index is 0.118. The third-order valence-electron chi connectivity index (χ3n) is 5.72. The second-order valence-corrected chi connectivity index (χ2v) is 7.88. The number of halogens is 1. The summed E-state index contributed by atoms with van der Waals surface area (Å²) in [6.45, 7) is 2.24. The van der Waals surface area contributed by atoms with Gasteiger partial charge in [0.25, 0.3) is 0 Å². The quantitative estimate of drug-likeness (QED) is 0.593. The first kappa shape index (κ1) is 21.8. The van der Waals surface area contributed by atoms with Crippen LogP contribution in [0.2, 0.25) is 0 Å². The minimum Gasteiger partial charge on any atom is -0.495 e. The maximum Gasteiger partial charge on any atom is 0.250 e. The number of carbonyl (C=O) groups excluding carboxylic acids is 1. The van der Waals surface area contributed by atoms with Crippen molar-refractivity contribution in [1.29, 1.82) is 0 Å². The highest BCUT2D eigenvalue weighted by molar-refractivity contribution is 5.98. The van der Waals surface area contributed by atoms with Crippen LogP contribution in [0.1, 0.15) is 35.7 Å². The number of piperidine rings is 1. The van der Waals surface area contributed by atoms with Crippen LogP contribution in [0.5, 0.6) is 5.75 Å². The van der Waals surface area contributed by atoms with E-state index in [4.69, 9.17) is 4.74 Å². The van der Waals surface area contributed by atoms with Crippen molar-refractivity contribution >= 4 is 12.0 Å². The van der Waals surface area contributed by atoms with Gasteiger partial charge in [-0.3, -0.25) is 4.79 Å². The van der Waals surface area contributed by atoms with Crippen LogP contribution in [0, 0.1) is 12.7 Å². The van der Waals surface area contributed by atoms with Gasteiger partial charge in [-0.15, -0.1) is 0 Å². The average Bonchev–Trinajstić information content (AvgIpc) is 3.23. The Bertz CT molecular complexity index is 1140. The number of methoxy groups -OCH3 is 1. The number of aryl methyl sites for hydroxylation is 1. The fourth-order valence-electron chi connectivity index (χ4n) is 4.08. The third-order valence-corrected chi connectivity index (χ3v) is 5.72. The van der Waals surface area contributed by atoms with Crippen molar-refractivity contribution in [2.24, 2.45) is 0 Å². The highest BCUT2D eigenvalue weighted by atomic mass is 19.1. The summed E-state index contributed by atoms with van der Waals surface area (Å²) in [6, 6.07) is 11.2. The molecule has 2 heterocycles. The lowest BCUT2D eigenvalue weighted by Crippen LogP contribution is -2.41. The number of imidazole rings is 1. The summed E-state index contributed by atoms with van der Waals surface area (Å²) in [7, 11) is 1.61. The summed E-state index contributed by atoms with van der Waals surface area (Å²) in [6.07, 6.45) is 6.97. The Kier molecular flexibility index (Phi) is 6.37. The van der Waals surface area contributed by atoms with E-state index in [1.54, 1.807) is 30.5 Å². The van der Waals surface area contributed by atoms with E-state index in [-0.39, 0.29) is 18.3 Å². The van der Waals surface area contributed by atoms with Gasteiger partial charge in [-0.05, 0) is 61.2 Å². The van der Waals surface area contributed by atoms with Gasteiger partial charge >= 0.3 is 0 Å². The van der Waals surface area contributed by atoms with Crippen molar-refractivity contribution in [1.82, 2.24) is 14.5 Å². The Morgan fingerprint density at radius 1 is 1.25 bits per heavy atom. The smallest absolute Gasteiger partial charge is 0.250 e. The largest absolute Gasteiger partial charge is 0.495 e. The first-order valence-electron chi connectivity index (χ1n) is 10.6. The highest BCUT2D eigenvalue weighted by Gasteiger charge is 2.30. The molecule has 0 spiro atoms. The number of carbonyl (C=O) groups is 1. The molecular weight excluding hydrogens is 409 g/mol. The molecule has 1 N–H and O–H groups in total. The summed E-state index contributed by atoms with van der Waals surface area (Å²) in [5.74, 6) is 0.212. The maximum atomic E-state index is 13.3. The summed E-state index contributed by atoms with van der Waals surface area (Å²) in [4.78, 5) is 19.2. The van der Waals surface area contributed by atoms with Crippen LogP contribution in [-0.2, 0) is 4.79 Å². The monoisotopic (exact) mass is 435 g/mol. The van der Waals surface area contributed by atoms with Crippen LogP contribution in [0.25, 0.3) is 11.8 Å². The molecule has 166 valence electrons. The van der Waals surface area contributed by atoms with Crippen LogP contribution >= 0.6 is 0 Å². The van der Waals surface area contributed by atoms with Gasteiger partial charge in [0, 0.05) is 18.3 Å². The lowest BCUT2D eigenvalue weighted by atomic mass is 9.97. The van der Waals surface area contributed by atoms with Gasteiger partial charge < -0.3 is 19.3 Å². The Hall–Kier alpha value is -3.45. The summed E-state index contributed by atoms with van der Waals surface area (Å²) in [5, 5.41) is 9.97. The number of aliphatic hydroxyl groups is 1. The van der Waals surface area contributed by atoms with Crippen molar-refractivity contribution in [3.63, 3.8) is 0 Å². The van der Waals surface area contributed by atoms with Crippen LogP contribution < -0.4 is 4.74 Å². The number of hydrogen-bond acceptors (Lipinski definition) is 4. The van der Waals surface area contributed by atoms with Gasteiger partial charge in [0.2, 0.25) is 5.91 Å². The van der Waals surface area contributed by atoms with Gasteiger partial charge in [0.1, 0.15) is 11.6 Å². The molecule has 0 saturated carbocycles. The molecule has 2 aromatic carbocycles. The van der Waals surface area contributed by atoms with E-state index in [1.165, 1.54) is 12.1 Å². The molecule has 0 radical (unpaired) electrons. The minimum atomic E-state index is -0.506.